The summed E-state index contributed by atoms with van der Waals surface area (Å²) in [6.07, 6.45) is -5.79. The molecule has 0 saturated carbocycles. The number of hydrogen-bond donors (Lipinski definition) is 2. The zero-order valence-electron chi connectivity index (χ0n) is 18.6. The van der Waals surface area contributed by atoms with Crippen LogP contribution >= 0.6 is 15.9 Å². The van der Waals surface area contributed by atoms with E-state index in [-0.39, 0.29) is 30.3 Å². The lowest BCUT2D eigenvalue weighted by Gasteiger charge is -2.32. The van der Waals surface area contributed by atoms with Crippen molar-refractivity contribution >= 4 is 27.7 Å². The summed E-state index contributed by atoms with van der Waals surface area (Å²) in [7, 11) is 0. The van der Waals surface area contributed by atoms with Crippen LogP contribution in [0.1, 0.15) is 43.2 Å². The first-order chi connectivity index (χ1) is 15.9. The summed E-state index contributed by atoms with van der Waals surface area (Å²) < 4.78 is 48.6. The second-order valence-electron chi connectivity index (χ2n) is 8.87. The third-order valence-corrected chi connectivity index (χ3v) is 6.53. The third kappa shape index (κ3) is 4.28. The first kappa shape index (κ1) is 24.5. The maximum absolute atomic E-state index is 14.2. The molecule has 3 heterocycles. The van der Waals surface area contributed by atoms with Crippen LogP contribution < -0.4 is 5.32 Å². The molecule has 8 nitrogen and oxygen atoms in total. The summed E-state index contributed by atoms with van der Waals surface area (Å²) in [4.78, 5) is 19.9. The van der Waals surface area contributed by atoms with Crippen molar-refractivity contribution in [3.05, 3.63) is 51.8 Å². The fraction of sp³-hybridized carbons (Fsp3) is 0.500. The van der Waals surface area contributed by atoms with E-state index < -0.39 is 35.9 Å². The molecule has 1 aromatic carbocycles. The second kappa shape index (κ2) is 8.88. The lowest BCUT2D eigenvalue weighted by molar-refractivity contribution is -0.284. The van der Waals surface area contributed by atoms with E-state index in [4.69, 9.17) is 9.36 Å². The SMILES string of the molecule is Cc1cc([C@@H](C(=O)N2C[C@H](O)C[C@H]2C2=NO[C@](c3ccc(Br)cc3)(C(F)(F)F)N2)C(C)C)on1. The van der Waals surface area contributed by atoms with Gasteiger partial charge in [0.15, 0.2) is 5.84 Å². The largest absolute Gasteiger partial charge is 0.456 e. The third-order valence-electron chi connectivity index (χ3n) is 6.00. The Morgan fingerprint density at radius 1 is 1.32 bits per heavy atom. The number of amidine groups is 1. The number of amides is 1. The average molecular weight is 545 g/mol. The van der Waals surface area contributed by atoms with E-state index in [2.05, 4.69) is 31.6 Å². The first-order valence-corrected chi connectivity index (χ1v) is 11.5. The molecule has 2 aliphatic rings. The molecular weight excluding hydrogens is 521 g/mol. The van der Waals surface area contributed by atoms with Crippen LogP contribution in [0.15, 0.2) is 44.5 Å². The van der Waals surface area contributed by atoms with Gasteiger partial charge in [-0.15, -0.1) is 0 Å². The van der Waals surface area contributed by atoms with E-state index in [0.29, 0.717) is 15.9 Å². The van der Waals surface area contributed by atoms with E-state index in [9.17, 15) is 23.1 Å². The number of hydrogen-bond acceptors (Lipinski definition) is 7. The highest BCUT2D eigenvalue weighted by Crippen LogP contribution is 2.44. The van der Waals surface area contributed by atoms with Gasteiger partial charge in [-0.3, -0.25) is 4.79 Å². The number of halogens is 4. The number of aliphatic hydroxyl groups is 1. The Morgan fingerprint density at radius 3 is 2.56 bits per heavy atom. The average Bonchev–Trinajstić information content (AvgIpc) is 3.46. The monoisotopic (exact) mass is 544 g/mol. The molecule has 0 spiro atoms. The topological polar surface area (TPSA) is 100 Å². The summed E-state index contributed by atoms with van der Waals surface area (Å²) >= 11 is 3.21. The molecule has 1 amide bonds. The molecule has 0 unspecified atom stereocenters. The summed E-state index contributed by atoms with van der Waals surface area (Å²) in [5.74, 6) is -1.14. The molecule has 4 rings (SSSR count). The van der Waals surface area contributed by atoms with Gasteiger partial charge < -0.3 is 24.7 Å². The van der Waals surface area contributed by atoms with Gasteiger partial charge in [-0.1, -0.05) is 52.2 Å². The smallest absolute Gasteiger partial charge is 0.391 e. The van der Waals surface area contributed by atoms with Crippen LogP contribution in [0.2, 0.25) is 0 Å². The molecule has 4 atom stereocenters. The Kier molecular flexibility index (Phi) is 6.40. The van der Waals surface area contributed by atoms with Crippen LogP contribution in [0.5, 0.6) is 0 Å². The van der Waals surface area contributed by atoms with Gasteiger partial charge in [-0.25, -0.2) is 0 Å². The van der Waals surface area contributed by atoms with E-state index >= 15 is 0 Å². The quantitative estimate of drug-likeness (QED) is 0.593. The van der Waals surface area contributed by atoms with Crippen molar-refractivity contribution in [1.82, 2.24) is 15.4 Å². The molecule has 0 bridgehead atoms. The van der Waals surface area contributed by atoms with Crippen LogP contribution in [0.25, 0.3) is 0 Å². The number of nitrogens with zero attached hydrogens (tertiary/aromatic N) is 3. The van der Waals surface area contributed by atoms with Crippen molar-refractivity contribution in [3.8, 4) is 0 Å². The molecule has 0 aliphatic carbocycles. The Balaban J connectivity index is 1.64. The van der Waals surface area contributed by atoms with Gasteiger partial charge in [0.1, 0.15) is 11.7 Å². The summed E-state index contributed by atoms with van der Waals surface area (Å²) in [5, 5.41) is 20.3. The van der Waals surface area contributed by atoms with E-state index in [1.807, 2.05) is 13.8 Å². The summed E-state index contributed by atoms with van der Waals surface area (Å²) in [6.45, 7) is 5.33. The van der Waals surface area contributed by atoms with Crippen LogP contribution in [0.4, 0.5) is 13.2 Å². The van der Waals surface area contributed by atoms with Gasteiger partial charge in [-0.05, 0) is 25.0 Å². The number of oxime groups is 1. The van der Waals surface area contributed by atoms with Crippen LogP contribution in [-0.2, 0) is 15.4 Å². The van der Waals surface area contributed by atoms with Crippen LogP contribution in [-0.4, -0.2) is 51.8 Å². The van der Waals surface area contributed by atoms with Gasteiger partial charge >= 0.3 is 11.9 Å². The number of rotatable bonds is 5. The van der Waals surface area contributed by atoms with Crippen LogP contribution in [0, 0.1) is 12.8 Å². The number of benzene rings is 1. The Labute approximate surface area is 202 Å². The highest BCUT2D eigenvalue weighted by molar-refractivity contribution is 9.10. The number of aliphatic hydroxyl groups excluding tert-OH is 1. The zero-order chi connectivity index (χ0) is 24.8. The second-order valence-corrected chi connectivity index (χ2v) is 9.78. The van der Waals surface area contributed by atoms with Gasteiger partial charge in [0, 0.05) is 29.1 Å². The number of carbonyl (C=O) groups excluding carboxylic acids is 1. The predicted octanol–water partition coefficient (Wildman–Crippen LogP) is 3.80. The zero-order valence-corrected chi connectivity index (χ0v) is 20.2. The molecule has 2 aromatic rings. The van der Waals surface area contributed by atoms with E-state index in [1.54, 1.807) is 13.0 Å². The van der Waals surface area contributed by atoms with Crippen molar-refractivity contribution < 1.29 is 32.4 Å². The van der Waals surface area contributed by atoms with Crippen molar-refractivity contribution in [2.24, 2.45) is 11.1 Å². The standard InChI is InChI=1S/C22H24BrF3N4O4/c1-11(2)18(17-8-12(3)28-33-17)20(32)30-10-15(31)9-16(30)19-27-21(34-29-19,22(24,25)26)13-4-6-14(23)7-5-13/h4-8,11,15-16,18,31H,9-10H2,1-3H3,(H,27,29)/t15-,16+,18+,21-/m1/s1. The van der Waals surface area contributed by atoms with Crippen molar-refractivity contribution in [2.45, 2.75) is 57.2 Å². The highest BCUT2D eigenvalue weighted by Gasteiger charge is 2.64. The van der Waals surface area contributed by atoms with E-state index in [1.165, 1.54) is 29.2 Å². The van der Waals surface area contributed by atoms with Crippen molar-refractivity contribution in [2.75, 3.05) is 6.54 Å². The number of carbonyl (C=O) groups is 1. The van der Waals surface area contributed by atoms with Crippen molar-refractivity contribution in [1.29, 1.82) is 0 Å². The molecule has 34 heavy (non-hydrogen) atoms. The first-order valence-electron chi connectivity index (χ1n) is 10.7. The predicted molar refractivity (Wildman–Crippen MR) is 118 cm³/mol. The number of nitrogens with one attached hydrogen (secondary N) is 1. The van der Waals surface area contributed by atoms with Gasteiger partial charge in [0.05, 0.1) is 17.8 Å². The summed E-state index contributed by atoms with van der Waals surface area (Å²) in [6, 6.07) is 6.20. The van der Waals surface area contributed by atoms with E-state index in [0.717, 1.165) is 0 Å². The molecule has 0 radical (unpaired) electrons. The molecular formula is C22H24BrF3N4O4. The number of likely N-dealkylation sites (tertiary alicyclic amines) is 1. The van der Waals surface area contributed by atoms with Crippen LogP contribution in [0.3, 0.4) is 0 Å². The fourth-order valence-electron chi connectivity index (χ4n) is 4.34. The van der Waals surface area contributed by atoms with Gasteiger partial charge in [0.2, 0.25) is 5.91 Å². The molecule has 1 fully saturated rings. The summed E-state index contributed by atoms with van der Waals surface area (Å²) in [5.41, 5.74) is -2.51. The maximum Gasteiger partial charge on any atom is 0.456 e. The lowest BCUT2D eigenvalue weighted by atomic mass is 9.91. The Morgan fingerprint density at radius 2 is 2.00 bits per heavy atom. The number of alkyl halides is 3. The Hall–Kier alpha value is -2.60. The molecule has 1 aromatic heterocycles. The molecule has 2 aliphatic heterocycles. The number of β-amino-alcohol motifs (C(OH)–C–C–N with tert-alkyl or cyclic N) is 1. The highest BCUT2D eigenvalue weighted by atomic mass is 79.9. The van der Waals surface area contributed by atoms with Gasteiger partial charge in [0.25, 0.3) is 0 Å². The minimum absolute atomic E-state index is 0.00938. The molecule has 184 valence electrons. The molecule has 2 N–H and O–H groups in total. The van der Waals surface area contributed by atoms with Gasteiger partial charge in [-0.2, -0.15) is 13.2 Å². The molecule has 12 heteroatoms. The molecule has 1 saturated heterocycles. The lowest BCUT2D eigenvalue weighted by Crippen LogP contribution is -2.57. The number of aromatic nitrogens is 1. The minimum Gasteiger partial charge on any atom is -0.391 e. The normalized spacial score (nSPS) is 25.8. The fourth-order valence-corrected chi connectivity index (χ4v) is 4.61. The minimum atomic E-state index is -4.87. The Bertz CT molecular complexity index is 1090. The van der Waals surface area contributed by atoms with Crippen molar-refractivity contribution in [3.63, 3.8) is 0 Å². The number of aryl methyl sites for hydroxylation is 1. The maximum atomic E-state index is 14.2.